The zero-order valence-corrected chi connectivity index (χ0v) is 15.8. The van der Waals surface area contributed by atoms with Gasteiger partial charge in [0, 0.05) is 18.7 Å². The Balaban J connectivity index is 1.73. The molecule has 134 valence electrons. The number of nitrogens with zero attached hydrogens (tertiary/aromatic N) is 1. The fourth-order valence-corrected chi connectivity index (χ4v) is 4.47. The minimum absolute atomic E-state index is 0.240. The molecule has 1 saturated heterocycles. The molecular weight excluding hydrogens is 358 g/mol. The quantitative estimate of drug-likeness (QED) is 0.773. The van der Waals surface area contributed by atoms with Crippen molar-refractivity contribution in [3.05, 3.63) is 51.1 Å². The molecule has 1 aliphatic rings. The fourth-order valence-electron chi connectivity index (χ4n) is 3.27. The first kappa shape index (κ1) is 18.2. The lowest BCUT2D eigenvalue weighted by Gasteiger charge is -2.30. The topological polar surface area (TPSA) is 53.7 Å². The maximum absolute atomic E-state index is 11.2. The Labute approximate surface area is 156 Å². The van der Waals surface area contributed by atoms with E-state index in [-0.39, 0.29) is 5.92 Å². The molecule has 3 heterocycles. The van der Waals surface area contributed by atoms with E-state index in [0.29, 0.717) is 6.54 Å². The van der Waals surface area contributed by atoms with Gasteiger partial charge in [-0.05, 0) is 55.8 Å². The molecule has 0 amide bonds. The predicted octanol–water partition coefficient (Wildman–Crippen LogP) is 4.92. The minimum Gasteiger partial charge on any atom is -0.481 e. The summed E-state index contributed by atoms with van der Waals surface area (Å²) in [6, 6.07) is 3.85. The van der Waals surface area contributed by atoms with Crippen LogP contribution < -0.4 is 0 Å². The lowest BCUT2D eigenvalue weighted by molar-refractivity contribution is -0.143. The van der Waals surface area contributed by atoms with Crippen LogP contribution in [0.2, 0.25) is 5.02 Å². The first-order valence-corrected chi connectivity index (χ1v) is 9.75. The van der Waals surface area contributed by atoms with Crippen molar-refractivity contribution < 1.29 is 14.3 Å². The second-order valence-electron chi connectivity index (χ2n) is 6.41. The highest BCUT2D eigenvalue weighted by molar-refractivity contribution is 7.11. The summed E-state index contributed by atoms with van der Waals surface area (Å²) in [7, 11) is 0. The second kappa shape index (κ2) is 8.21. The first-order valence-electron chi connectivity index (χ1n) is 8.49. The molecule has 2 aromatic rings. The molecule has 0 radical (unpaired) electrons. The lowest BCUT2D eigenvalue weighted by Crippen LogP contribution is -2.39. The van der Waals surface area contributed by atoms with Gasteiger partial charge in [0.25, 0.3) is 0 Å². The normalized spacial score (nSPS) is 19.3. The average molecular weight is 380 g/mol. The van der Waals surface area contributed by atoms with Gasteiger partial charge in [-0.15, -0.1) is 11.3 Å². The van der Waals surface area contributed by atoms with Crippen molar-refractivity contribution in [2.24, 2.45) is 5.92 Å². The number of halogens is 1. The molecular formula is C19H22ClNO3S. The zero-order chi connectivity index (χ0) is 17.8. The Kier molecular flexibility index (Phi) is 5.99. The summed E-state index contributed by atoms with van der Waals surface area (Å²) in [4.78, 5) is 14.5. The number of piperidine rings is 1. The Morgan fingerprint density at radius 1 is 1.52 bits per heavy atom. The van der Waals surface area contributed by atoms with E-state index in [0.717, 1.165) is 59.1 Å². The lowest BCUT2D eigenvalue weighted by atomic mass is 9.98. The number of hydrogen-bond acceptors (Lipinski definition) is 4. The van der Waals surface area contributed by atoms with Crippen molar-refractivity contribution in [3.8, 4) is 0 Å². The minimum atomic E-state index is -0.683. The van der Waals surface area contributed by atoms with Gasteiger partial charge in [-0.3, -0.25) is 4.79 Å². The molecule has 1 N–H and O–H groups in total. The van der Waals surface area contributed by atoms with E-state index in [1.54, 1.807) is 17.6 Å². The highest BCUT2D eigenvalue weighted by Gasteiger charge is 2.25. The molecule has 1 fully saturated rings. The molecule has 1 aliphatic heterocycles. The van der Waals surface area contributed by atoms with Crippen molar-refractivity contribution in [1.82, 2.24) is 4.90 Å². The van der Waals surface area contributed by atoms with E-state index in [1.807, 2.05) is 24.4 Å². The number of furan rings is 1. The Hall–Kier alpha value is -1.56. The molecule has 4 nitrogen and oxygen atoms in total. The number of likely N-dealkylation sites (tertiary alicyclic amines) is 1. The summed E-state index contributed by atoms with van der Waals surface area (Å²) in [6.45, 7) is 4.47. The standard InChI is InChI=1S/C19H22ClNO3S/c1-13-6-10-24-17(13)15(18-16(20)7-11-25-18)5-3-9-21-8-2-4-14(12-21)19(22)23/h5-7,10-11,14H,2-4,8-9,12H2,1H3,(H,22,23). The van der Waals surface area contributed by atoms with Crippen molar-refractivity contribution in [3.63, 3.8) is 0 Å². The van der Waals surface area contributed by atoms with Crippen LogP contribution in [0.25, 0.3) is 5.57 Å². The molecule has 1 atom stereocenters. The van der Waals surface area contributed by atoms with Crippen molar-refractivity contribution in [1.29, 1.82) is 0 Å². The van der Waals surface area contributed by atoms with E-state index >= 15 is 0 Å². The average Bonchev–Trinajstić information content (AvgIpc) is 3.21. The van der Waals surface area contributed by atoms with Crippen LogP contribution in [0, 0.1) is 12.8 Å². The number of aryl methyl sites for hydroxylation is 1. The fraction of sp³-hybridized carbons (Fsp3) is 0.421. The van der Waals surface area contributed by atoms with Gasteiger partial charge in [0.1, 0.15) is 5.76 Å². The van der Waals surface area contributed by atoms with Gasteiger partial charge < -0.3 is 14.4 Å². The Morgan fingerprint density at radius 3 is 3.00 bits per heavy atom. The predicted molar refractivity (Wildman–Crippen MR) is 101 cm³/mol. The third-order valence-corrected chi connectivity index (χ3v) is 5.99. The summed E-state index contributed by atoms with van der Waals surface area (Å²) < 4.78 is 5.68. The van der Waals surface area contributed by atoms with Crippen molar-refractivity contribution in [2.45, 2.75) is 26.2 Å². The van der Waals surface area contributed by atoms with Crippen molar-refractivity contribution in [2.75, 3.05) is 19.6 Å². The summed E-state index contributed by atoms with van der Waals surface area (Å²) in [5, 5.41) is 11.9. The van der Waals surface area contributed by atoms with E-state index in [4.69, 9.17) is 16.0 Å². The number of carboxylic acid groups (broad SMARTS) is 1. The molecule has 25 heavy (non-hydrogen) atoms. The molecule has 0 aromatic carbocycles. The molecule has 0 bridgehead atoms. The highest BCUT2D eigenvalue weighted by Crippen LogP contribution is 2.35. The largest absolute Gasteiger partial charge is 0.481 e. The third kappa shape index (κ3) is 4.35. The van der Waals surface area contributed by atoms with Gasteiger partial charge in [0.15, 0.2) is 0 Å². The van der Waals surface area contributed by atoms with Crippen LogP contribution in [-0.4, -0.2) is 35.6 Å². The van der Waals surface area contributed by atoms with E-state index in [2.05, 4.69) is 11.0 Å². The van der Waals surface area contributed by atoms with Crippen LogP contribution in [0.4, 0.5) is 0 Å². The highest BCUT2D eigenvalue weighted by atomic mass is 35.5. The number of carbonyl (C=O) groups is 1. The molecule has 6 heteroatoms. The third-order valence-electron chi connectivity index (χ3n) is 4.62. The molecule has 0 aliphatic carbocycles. The van der Waals surface area contributed by atoms with E-state index in [9.17, 15) is 9.90 Å². The van der Waals surface area contributed by atoms with Crippen LogP contribution in [0.1, 0.15) is 35.5 Å². The monoisotopic (exact) mass is 379 g/mol. The number of aliphatic carboxylic acids is 1. The van der Waals surface area contributed by atoms with Gasteiger partial charge in [0.05, 0.1) is 22.1 Å². The van der Waals surface area contributed by atoms with Crippen LogP contribution in [0.5, 0.6) is 0 Å². The summed E-state index contributed by atoms with van der Waals surface area (Å²) in [5.74, 6) is -0.0693. The summed E-state index contributed by atoms with van der Waals surface area (Å²) in [6.07, 6.45) is 6.41. The number of rotatable bonds is 6. The Morgan fingerprint density at radius 2 is 2.36 bits per heavy atom. The maximum Gasteiger partial charge on any atom is 0.307 e. The first-order chi connectivity index (χ1) is 12.1. The number of carboxylic acids is 1. The number of thiophene rings is 1. The molecule has 1 unspecified atom stereocenters. The maximum atomic E-state index is 11.2. The smallest absolute Gasteiger partial charge is 0.307 e. The van der Waals surface area contributed by atoms with Gasteiger partial charge in [-0.2, -0.15) is 0 Å². The van der Waals surface area contributed by atoms with Crippen molar-refractivity contribution >= 4 is 34.5 Å². The SMILES string of the molecule is Cc1ccoc1C(=CCCN1CCCC(C(=O)O)C1)c1sccc1Cl. The van der Waals surface area contributed by atoms with Crippen LogP contribution in [0.15, 0.2) is 34.3 Å². The van der Waals surface area contributed by atoms with E-state index in [1.165, 1.54) is 0 Å². The van der Waals surface area contributed by atoms with Gasteiger partial charge in [0.2, 0.25) is 0 Å². The van der Waals surface area contributed by atoms with Gasteiger partial charge in [-0.1, -0.05) is 17.7 Å². The number of hydrogen-bond donors (Lipinski definition) is 1. The second-order valence-corrected chi connectivity index (χ2v) is 7.74. The zero-order valence-electron chi connectivity index (χ0n) is 14.2. The molecule has 0 saturated carbocycles. The Bertz CT molecular complexity index is 722. The summed E-state index contributed by atoms with van der Waals surface area (Å²) >= 11 is 7.94. The molecule has 3 rings (SSSR count). The van der Waals surface area contributed by atoms with Gasteiger partial charge in [-0.25, -0.2) is 0 Å². The van der Waals surface area contributed by atoms with Crippen LogP contribution in [-0.2, 0) is 4.79 Å². The summed E-state index contributed by atoms with van der Waals surface area (Å²) in [5.41, 5.74) is 2.11. The van der Waals surface area contributed by atoms with Crippen LogP contribution in [0.3, 0.4) is 0 Å². The van der Waals surface area contributed by atoms with Gasteiger partial charge >= 0.3 is 5.97 Å². The molecule has 0 spiro atoms. The molecule has 2 aromatic heterocycles. The van der Waals surface area contributed by atoms with E-state index < -0.39 is 5.97 Å². The van der Waals surface area contributed by atoms with Crippen LogP contribution >= 0.6 is 22.9 Å².